The molecule has 2 aromatic heterocycles. The van der Waals surface area contributed by atoms with Crippen LogP contribution in [0.1, 0.15) is 20.8 Å². The molecule has 0 saturated heterocycles. The minimum atomic E-state index is -0.634. The second kappa shape index (κ2) is 5.19. The highest BCUT2D eigenvalue weighted by atomic mass is 16.6. The van der Waals surface area contributed by atoms with Crippen molar-refractivity contribution in [3.8, 4) is 5.88 Å². The summed E-state index contributed by atoms with van der Waals surface area (Å²) in [4.78, 5) is 26.5. The monoisotopic (exact) mass is 280 g/mol. The van der Waals surface area contributed by atoms with Crippen molar-refractivity contribution in [3.63, 3.8) is 0 Å². The second-order valence-corrected chi connectivity index (χ2v) is 4.91. The molecule has 0 aliphatic carbocycles. The summed E-state index contributed by atoms with van der Waals surface area (Å²) in [7, 11) is 1.47. The topological polar surface area (TPSA) is 114 Å². The number of carbonyl (C=O) groups excluding carboxylic acids is 1. The fourth-order valence-corrected chi connectivity index (χ4v) is 1.42. The predicted octanol–water partition coefficient (Wildman–Crippen LogP) is 1.21. The fourth-order valence-electron chi connectivity index (χ4n) is 1.42. The maximum atomic E-state index is 11.5. The summed E-state index contributed by atoms with van der Waals surface area (Å²) in [5.74, 6) is 0.453. The van der Waals surface area contributed by atoms with Gasteiger partial charge in [-0.05, 0) is 20.8 Å². The minimum Gasteiger partial charge on any atom is -0.479 e. The standard InChI is InChI=1S/C11H16N6O3/c1-11(2,3)20-10(18)17-16-9-14-7-6(12-5-13-7)8(15-9)19-4/h5H,1-4H3,(H,17,18)(H2,12,13,14,15,16). The molecule has 0 aliphatic heterocycles. The van der Waals surface area contributed by atoms with Crippen molar-refractivity contribution in [2.75, 3.05) is 12.5 Å². The van der Waals surface area contributed by atoms with Crippen LogP contribution in [0, 0.1) is 0 Å². The van der Waals surface area contributed by atoms with E-state index in [9.17, 15) is 4.79 Å². The first-order chi connectivity index (χ1) is 9.39. The van der Waals surface area contributed by atoms with Gasteiger partial charge in [0.15, 0.2) is 11.2 Å². The molecule has 0 aliphatic rings. The third-order valence-electron chi connectivity index (χ3n) is 2.12. The number of nitrogens with zero attached hydrogens (tertiary/aromatic N) is 3. The van der Waals surface area contributed by atoms with Gasteiger partial charge in [0.25, 0.3) is 0 Å². The lowest BCUT2D eigenvalue weighted by molar-refractivity contribution is 0.0540. The number of anilines is 1. The van der Waals surface area contributed by atoms with E-state index in [1.165, 1.54) is 13.4 Å². The van der Waals surface area contributed by atoms with Crippen LogP contribution in [0.2, 0.25) is 0 Å². The maximum Gasteiger partial charge on any atom is 0.426 e. The second-order valence-electron chi connectivity index (χ2n) is 4.91. The van der Waals surface area contributed by atoms with E-state index in [0.29, 0.717) is 17.0 Å². The summed E-state index contributed by atoms with van der Waals surface area (Å²) in [6, 6.07) is 0. The first-order valence-corrected chi connectivity index (χ1v) is 5.89. The number of hydrogen-bond donors (Lipinski definition) is 3. The van der Waals surface area contributed by atoms with Crippen LogP contribution in [0.3, 0.4) is 0 Å². The van der Waals surface area contributed by atoms with Crippen molar-refractivity contribution in [3.05, 3.63) is 6.33 Å². The average molecular weight is 280 g/mol. The highest BCUT2D eigenvalue weighted by Crippen LogP contribution is 2.19. The van der Waals surface area contributed by atoms with E-state index >= 15 is 0 Å². The maximum absolute atomic E-state index is 11.5. The lowest BCUT2D eigenvalue weighted by atomic mass is 10.2. The molecule has 3 N–H and O–H groups in total. The molecule has 9 nitrogen and oxygen atoms in total. The van der Waals surface area contributed by atoms with E-state index in [0.717, 1.165) is 0 Å². The Bertz CT molecular complexity index is 618. The Kier molecular flexibility index (Phi) is 3.59. The average Bonchev–Trinajstić information content (AvgIpc) is 2.81. The van der Waals surface area contributed by atoms with Crippen molar-refractivity contribution in [2.45, 2.75) is 26.4 Å². The van der Waals surface area contributed by atoms with Crippen LogP contribution < -0.4 is 15.6 Å². The molecular formula is C11H16N6O3. The minimum absolute atomic E-state index is 0.157. The van der Waals surface area contributed by atoms with Gasteiger partial charge in [-0.1, -0.05) is 0 Å². The molecule has 1 amide bonds. The summed E-state index contributed by atoms with van der Waals surface area (Å²) in [5, 5.41) is 0. The summed E-state index contributed by atoms with van der Waals surface area (Å²) >= 11 is 0. The number of hydrogen-bond acceptors (Lipinski definition) is 7. The molecule has 2 rings (SSSR count). The van der Waals surface area contributed by atoms with Crippen LogP contribution in [-0.4, -0.2) is 38.7 Å². The Morgan fingerprint density at radius 3 is 2.75 bits per heavy atom. The predicted molar refractivity (Wildman–Crippen MR) is 71.2 cm³/mol. The highest BCUT2D eigenvalue weighted by molar-refractivity contribution is 5.77. The van der Waals surface area contributed by atoms with Crippen LogP contribution in [-0.2, 0) is 4.74 Å². The Labute approximate surface area is 115 Å². The summed E-state index contributed by atoms with van der Waals surface area (Å²) in [6.07, 6.45) is 0.845. The van der Waals surface area contributed by atoms with E-state index < -0.39 is 11.7 Å². The zero-order valence-corrected chi connectivity index (χ0v) is 11.6. The van der Waals surface area contributed by atoms with Crippen molar-refractivity contribution in [1.29, 1.82) is 0 Å². The molecule has 0 fully saturated rings. The van der Waals surface area contributed by atoms with Gasteiger partial charge < -0.3 is 14.5 Å². The van der Waals surface area contributed by atoms with Crippen molar-refractivity contribution < 1.29 is 14.3 Å². The number of methoxy groups -OCH3 is 1. The van der Waals surface area contributed by atoms with Gasteiger partial charge in [-0.2, -0.15) is 9.97 Å². The molecule has 9 heteroatoms. The molecular weight excluding hydrogens is 264 g/mol. The molecule has 2 heterocycles. The summed E-state index contributed by atoms with van der Waals surface area (Å²) < 4.78 is 10.2. The normalized spacial score (nSPS) is 11.2. The third-order valence-corrected chi connectivity index (χ3v) is 2.12. The molecule has 2 aromatic rings. The van der Waals surface area contributed by atoms with Crippen molar-refractivity contribution >= 4 is 23.2 Å². The van der Waals surface area contributed by atoms with Gasteiger partial charge in [-0.15, -0.1) is 0 Å². The summed E-state index contributed by atoms with van der Waals surface area (Å²) in [6.45, 7) is 5.30. The van der Waals surface area contributed by atoms with Crippen molar-refractivity contribution in [1.82, 2.24) is 25.4 Å². The van der Waals surface area contributed by atoms with E-state index in [1.807, 2.05) is 0 Å². The number of ether oxygens (including phenoxy) is 2. The molecule has 0 spiro atoms. The zero-order chi connectivity index (χ0) is 14.8. The van der Waals surface area contributed by atoms with Gasteiger partial charge in [-0.25, -0.2) is 15.2 Å². The number of amides is 1. The lowest BCUT2D eigenvalue weighted by Gasteiger charge is -2.19. The first kappa shape index (κ1) is 13.8. The number of aromatic nitrogens is 4. The summed E-state index contributed by atoms with van der Waals surface area (Å²) in [5.41, 5.74) is 5.30. The number of fused-ring (bicyclic) bond motifs is 1. The Morgan fingerprint density at radius 1 is 1.35 bits per heavy atom. The van der Waals surface area contributed by atoms with E-state index in [-0.39, 0.29) is 5.95 Å². The molecule has 0 bridgehead atoms. The Morgan fingerprint density at radius 2 is 2.10 bits per heavy atom. The number of H-pyrrole nitrogens is 1. The van der Waals surface area contributed by atoms with Crippen LogP contribution in [0.4, 0.5) is 10.7 Å². The Balaban J connectivity index is 2.08. The van der Waals surface area contributed by atoms with Gasteiger partial charge in [-0.3, -0.25) is 5.43 Å². The van der Waals surface area contributed by atoms with Crippen LogP contribution in [0.25, 0.3) is 11.2 Å². The van der Waals surface area contributed by atoms with Gasteiger partial charge in [0.2, 0.25) is 11.8 Å². The smallest absolute Gasteiger partial charge is 0.426 e. The van der Waals surface area contributed by atoms with E-state index in [4.69, 9.17) is 9.47 Å². The number of carbonyl (C=O) groups is 1. The highest BCUT2D eigenvalue weighted by Gasteiger charge is 2.16. The van der Waals surface area contributed by atoms with Gasteiger partial charge >= 0.3 is 6.09 Å². The van der Waals surface area contributed by atoms with Crippen LogP contribution in [0.5, 0.6) is 5.88 Å². The third kappa shape index (κ3) is 3.25. The van der Waals surface area contributed by atoms with Gasteiger partial charge in [0, 0.05) is 0 Å². The lowest BCUT2D eigenvalue weighted by Crippen LogP contribution is -2.36. The molecule has 0 aromatic carbocycles. The van der Waals surface area contributed by atoms with Crippen LogP contribution in [0.15, 0.2) is 6.33 Å². The molecule has 108 valence electrons. The molecule has 0 saturated carbocycles. The SMILES string of the molecule is COc1nc(NNC(=O)OC(C)(C)C)nc2[nH]cnc12. The number of aromatic amines is 1. The zero-order valence-electron chi connectivity index (χ0n) is 11.6. The van der Waals surface area contributed by atoms with Gasteiger partial charge in [0.05, 0.1) is 13.4 Å². The molecule has 0 atom stereocenters. The van der Waals surface area contributed by atoms with E-state index in [2.05, 4.69) is 30.8 Å². The fraction of sp³-hybridized carbons (Fsp3) is 0.455. The molecule has 0 unspecified atom stereocenters. The van der Waals surface area contributed by atoms with E-state index in [1.54, 1.807) is 20.8 Å². The number of imidazole rings is 1. The quantitative estimate of drug-likeness (QED) is 0.724. The largest absolute Gasteiger partial charge is 0.479 e. The first-order valence-electron chi connectivity index (χ1n) is 5.89. The van der Waals surface area contributed by atoms with Crippen molar-refractivity contribution in [2.24, 2.45) is 0 Å². The molecule has 0 radical (unpaired) electrons. The Hall–Kier alpha value is -2.58. The number of nitrogens with one attached hydrogen (secondary N) is 3. The number of hydrazine groups is 1. The molecule has 20 heavy (non-hydrogen) atoms. The number of rotatable bonds is 3. The van der Waals surface area contributed by atoms with Crippen LogP contribution >= 0.6 is 0 Å². The van der Waals surface area contributed by atoms with Gasteiger partial charge in [0.1, 0.15) is 5.60 Å².